The maximum absolute atomic E-state index is 6.27. The molecule has 3 heteroatoms. The van der Waals surface area contributed by atoms with Crippen LogP contribution in [0.2, 0.25) is 0 Å². The number of hydrogen-bond donors (Lipinski definition) is 1. The van der Waals surface area contributed by atoms with Crippen LogP contribution in [-0.4, -0.2) is 4.98 Å². The molecule has 1 heterocycles. The lowest BCUT2D eigenvalue weighted by Crippen LogP contribution is -2.43. The van der Waals surface area contributed by atoms with Gasteiger partial charge >= 0.3 is 0 Å². The zero-order valence-corrected chi connectivity index (χ0v) is 10.2. The summed E-state index contributed by atoms with van der Waals surface area (Å²) in [5, 5.41) is 3.50. The fourth-order valence-electron chi connectivity index (χ4n) is 2.38. The van der Waals surface area contributed by atoms with Gasteiger partial charge in [0.05, 0.1) is 16.2 Å². The highest BCUT2D eigenvalue weighted by Crippen LogP contribution is 2.59. The molecule has 0 bridgehead atoms. The highest BCUT2D eigenvalue weighted by Gasteiger charge is 2.49. The predicted octanol–water partition coefficient (Wildman–Crippen LogP) is 2.99. The van der Waals surface area contributed by atoms with E-state index in [1.807, 2.05) is 11.3 Å². The van der Waals surface area contributed by atoms with Gasteiger partial charge in [-0.2, -0.15) is 0 Å². The third-order valence-electron chi connectivity index (χ3n) is 4.09. The number of thiazole rings is 1. The summed E-state index contributed by atoms with van der Waals surface area (Å²) in [6.07, 6.45) is 4.78. The van der Waals surface area contributed by atoms with Gasteiger partial charge in [0.25, 0.3) is 0 Å². The molecule has 82 valence electrons. The zero-order chi connectivity index (χ0) is 10.7. The normalized spacial score (nSPS) is 31.0. The zero-order valence-electron chi connectivity index (χ0n) is 9.42. The van der Waals surface area contributed by atoms with Crippen molar-refractivity contribution in [1.82, 2.24) is 4.98 Å². The quantitative estimate of drug-likeness (QED) is 0.835. The van der Waals surface area contributed by atoms with Crippen molar-refractivity contribution in [2.45, 2.75) is 51.0 Å². The molecule has 1 atom stereocenters. The van der Waals surface area contributed by atoms with E-state index in [2.05, 4.69) is 19.2 Å². The minimum atomic E-state index is -0.0756. The van der Waals surface area contributed by atoms with E-state index in [0.717, 1.165) is 18.5 Å². The Morgan fingerprint density at radius 2 is 2.13 bits per heavy atom. The van der Waals surface area contributed by atoms with Crippen molar-refractivity contribution in [2.75, 3.05) is 0 Å². The predicted molar refractivity (Wildman–Crippen MR) is 63.0 cm³/mol. The van der Waals surface area contributed by atoms with Crippen LogP contribution < -0.4 is 5.73 Å². The smallest absolute Gasteiger partial charge is 0.0965 e. The number of nitrogens with two attached hydrogens (primary N) is 1. The van der Waals surface area contributed by atoms with Gasteiger partial charge in [0, 0.05) is 11.3 Å². The third kappa shape index (κ3) is 1.44. The fourth-order valence-corrected chi connectivity index (χ4v) is 3.62. The van der Waals surface area contributed by atoms with Crippen LogP contribution in [0.5, 0.6) is 0 Å². The average Bonchev–Trinajstić information content (AvgIpc) is 2.62. The van der Waals surface area contributed by atoms with Crippen molar-refractivity contribution in [3.63, 3.8) is 0 Å². The summed E-state index contributed by atoms with van der Waals surface area (Å²) in [6.45, 7) is 4.64. The lowest BCUT2D eigenvalue weighted by Gasteiger charge is -2.36. The molecule has 1 aromatic rings. The number of aromatic nitrogens is 1. The van der Waals surface area contributed by atoms with Crippen molar-refractivity contribution < 1.29 is 0 Å². The first-order valence-corrected chi connectivity index (χ1v) is 6.64. The molecule has 0 amide bonds. The molecule has 2 aliphatic rings. The van der Waals surface area contributed by atoms with Crippen LogP contribution >= 0.6 is 11.3 Å². The van der Waals surface area contributed by atoms with E-state index in [1.54, 1.807) is 0 Å². The first kappa shape index (κ1) is 9.79. The molecule has 15 heavy (non-hydrogen) atoms. The molecule has 0 spiro atoms. The van der Waals surface area contributed by atoms with Crippen LogP contribution in [-0.2, 0) is 5.54 Å². The Balaban J connectivity index is 1.83. The van der Waals surface area contributed by atoms with Gasteiger partial charge < -0.3 is 5.73 Å². The average molecular weight is 222 g/mol. The second-order valence-corrected chi connectivity index (χ2v) is 6.72. The van der Waals surface area contributed by atoms with Crippen molar-refractivity contribution >= 4 is 11.3 Å². The molecule has 2 N–H and O–H groups in total. The van der Waals surface area contributed by atoms with E-state index in [-0.39, 0.29) is 5.54 Å². The second-order valence-electron chi connectivity index (χ2n) is 5.83. The maximum Gasteiger partial charge on any atom is 0.0965 e. The Hall–Kier alpha value is -0.410. The van der Waals surface area contributed by atoms with E-state index in [4.69, 9.17) is 10.7 Å². The first-order chi connectivity index (χ1) is 7.01. The molecule has 2 nitrogen and oxygen atoms in total. The van der Waals surface area contributed by atoms with Gasteiger partial charge in [0.2, 0.25) is 0 Å². The molecule has 0 radical (unpaired) electrons. The van der Waals surface area contributed by atoms with Gasteiger partial charge in [-0.15, -0.1) is 11.3 Å². The topological polar surface area (TPSA) is 38.9 Å². The Labute approximate surface area is 94.9 Å². The molecule has 2 aliphatic carbocycles. The SMILES string of the molecule is CC1(C)CC1c1nc(C2(N)CCC2)cs1. The summed E-state index contributed by atoms with van der Waals surface area (Å²) >= 11 is 1.81. The summed E-state index contributed by atoms with van der Waals surface area (Å²) in [4.78, 5) is 4.76. The van der Waals surface area contributed by atoms with E-state index in [0.29, 0.717) is 11.3 Å². The third-order valence-corrected chi connectivity index (χ3v) is 5.05. The van der Waals surface area contributed by atoms with Crippen LogP contribution in [0.25, 0.3) is 0 Å². The van der Waals surface area contributed by atoms with E-state index in [9.17, 15) is 0 Å². The minimum Gasteiger partial charge on any atom is -0.320 e. The number of nitrogens with zero attached hydrogens (tertiary/aromatic N) is 1. The van der Waals surface area contributed by atoms with Crippen LogP contribution in [0.15, 0.2) is 5.38 Å². The van der Waals surface area contributed by atoms with Gasteiger partial charge in [0.15, 0.2) is 0 Å². The van der Waals surface area contributed by atoms with Gasteiger partial charge in [0.1, 0.15) is 0 Å². The molecule has 0 aliphatic heterocycles. The Morgan fingerprint density at radius 1 is 1.47 bits per heavy atom. The van der Waals surface area contributed by atoms with E-state index >= 15 is 0 Å². The number of rotatable bonds is 2. The van der Waals surface area contributed by atoms with Crippen LogP contribution in [0, 0.1) is 5.41 Å². The molecular formula is C12H18N2S. The Bertz CT molecular complexity index is 390. The van der Waals surface area contributed by atoms with Crippen LogP contribution in [0.1, 0.15) is 56.2 Å². The molecule has 2 saturated carbocycles. The molecule has 0 saturated heterocycles. The van der Waals surface area contributed by atoms with E-state index < -0.39 is 0 Å². The highest BCUT2D eigenvalue weighted by atomic mass is 32.1. The summed E-state index contributed by atoms with van der Waals surface area (Å²) in [7, 11) is 0. The second kappa shape index (κ2) is 2.83. The van der Waals surface area contributed by atoms with Crippen molar-refractivity contribution in [3.05, 3.63) is 16.1 Å². The lowest BCUT2D eigenvalue weighted by atomic mass is 9.76. The van der Waals surface area contributed by atoms with Crippen molar-refractivity contribution in [2.24, 2.45) is 11.1 Å². The largest absolute Gasteiger partial charge is 0.320 e. The van der Waals surface area contributed by atoms with Gasteiger partial charge in [-0.05, 0) is 31.1 Å². The fraction of sp³-hybridized carbons (Fsp3) is 0.750. The van der Waals surface area contributed by atoms with Gasteiger partial charge in [-0.1, -0.05) is 13.8 Å². The molecule has 3 rings (SSSR count). The molecule has 0 aromatic carbocycles. The Kier molecular flexibility index (Phi) is 1.85. The van der Waals surface area contributed by atoms with Crippen molar-refractivity contribution in [1.29, 1.82) is 0 Å². The van der Waals surface area contributed by atoms with Crippen molar-refractivity contribution in [3.8, 4) is 0 Å². The maximum atomic E-state index is 6.27. The van der Waals surface area contributed by atoms with Gasteiger partial charge in [-0.25, -0.2) is 4.98 Å². The van der Waals surface area contributed by atoms with Crippen LogP contribution in [0.3, 0.4) is 0 Å². The standard InChI is InChI=1S/C12H18N2S/c1-11(2)6-8(11)10-14-9(7-15-10)12(13)4-3-5-12/h7-8H,3-6,13H2,1-2H3. The molecule has 1 aromatic heterocycles. The molecular weight excluding hydrogens is 204 g/mol. The highest BCUT2D eigenvalue weighted by molar-refractivity contribution is 7.09. The van der Waals surface area contributed by atoms with E-state index in [1.165, 1.54) is 17.8 Å². The van der Waals surface area contributed by atoms with Crippen LogP contribution in [0.4, 0.5) is 0 Å². The minimum absolute atomic E-state index is 0.0756. The molecule has 1 unspecified atom stereocenters. The Morgan fingerprint density at radius 3 is 2.60 bits per heavy atom. The molecule has 2 fully saturated rings. The first-order valence-electron chi connectivity index (χ1n) is 5.76. The summed E-state index contributed by atoms with van der Waals surface area (Å²) < 4.78 is 0. The summed E-state index contributed by atoms with van der Waals surface area (Å²) in [5.41, 5.74) is 7.83. The monoisotopic (exact) mass is 222 g/mol. The lowest BCUT2D eigenvalue weighted by molar-refractivity contribution is 0.247. The summed E-state index contributed by atoms with van der Waals surface area (Å²) in [6, 6.07) is 0. The van der Waals surface area contributed by atoms with Gasteiger partial charge in [-0.3, -0.25) is 0 Å². The number of hydrogen-bond acceptors (Lipinski definition) is 3. The summed E-state index contributed by atoms with van der Waals surface area (Å²) in [5.74, 6) is 0.694.